The number of aryl methyl sites for hydroxylation is 1. The molecule has 1 fully saturated rings. The van der Waals surface area contributed by atoms with Crippen LogP contribution in [0, 0.1) is 5.92 Å². The highest BCUT2D eigenvalue weighted by Gasteiger charge is 2.23. The molecule has 8 nitrogen and oxygen atoms in total. The van der Waals surface area contributed by atoms with Gasteiger partial charge in [-0.25, -0.2) is 0 Å². The van der Waals surface area contributed by atoms with Crippen LogP contribution in [0.5, 0.6) is 0 Å². The number of carbonyl (C=O) groups excluding carboxylic acids is 1. The lowest BCUT2D eigenvalue weighted by atomic mass is 9.93. The fraction of sp³-hybridized carbons (Fsp3) is 0.421. The molecule has 1 amide bonds. The number of likely N-dealkylation sites (tertiary alicyclic amines) is 1. The highest BCUT2D eigenvalue weighted by Crippen LogP contribution is 2.21. The van der Waals surface area contributed by atoms with Gasteiger partial charge in [0, 0.05) is 37.6 Å². The molecule has 140 valence electrons. The van der Waals surface area contributed by atoms with Gasteiger partial charge in [0.1, 0.15) is 6.54 Å². The highest BCUT2D eigenvalue weighted by molar-refractivity contribution is 5.75. The fourth-order valence-electron chi connectivity index (χ4n) is 3.45. The topological polar surface area (TPSA) is 81.7 Å². The third-order valence-electron chi connectivity index (χ3n) is 5.05. The Kier molecular flexibility index (Phi) is 5.22. The van der Waals surface area contributed by atoms with Gasteiger partial charge in [0.05, 0.1) is 0 Å². The van der Waals surface area contributed by atoms with Crippen LogP contribution in [0.4, 0.5) is 0 Å². The van der Waals surface area contributed by atoms with Crippen molar-refractivity contribution in [2.45, 2.75) is 32.4 Å². The molecule has 27 heavy (non-hydrogen) atoms. The minimum Gasteiger partial charge on any atom is -0.341 e. The zero-order chi connectivity index (χ0) is 18.5. The van der Waals surface area contributed by atoms with Crippen LogP contribution in [0.3, 0.4) is 0 Å². The summed E-state index contributed by atoms with van der Waals surface area (Å²) in [5.41, 5.74) is 0.897. The van der Waals surface area contributed by atoms with Gasteiger partial charge in [-0.1, -0.05) is 30.3 Å². The Balaban J connectivity index is 1.25. The number of benzene rings is 1. The van der Waals surface area contributed by atoms with E-state index in [-0.39, 0.29) is 12.5 Å². The van der Waals surface area contributed by atoms with Crippen molar-refractivity contribution in [1.29, 1.82) is 0 Å². The van der Waals surface area contributed by atoms with Gasteiger partial charge in [0.25, 0.3) is 0 Å². The molecule has 3 heterocycles. The Labute approximate surface area is 157 Å². The molecule has 1 aromatic carbocycles. The number of piperidine rings is 1. The Morgan fingerprint density at radius 2 is 1.93 bits per heavy atom. The van der Waals surface area contributed by atoms with Crippen molar-refractivity contribution < 1.29 is 4.79 Å². The van der Waals surface area contributed by atoms with Crippen LogP contribution in [0.1, 0.15) is 19.3 Å². The van der Waals surface area contributed by atoms with Crippen LogP contribution in [0.2, 0.25) is 0 Å². The third kappa shape index (κ3) is 4.39. The zero-order valence-electron chi connectivity index (χ0n) is 15.2. The molecular weight excluding hydrogens is 342 g/mol. The number of nitrogens with zero attached hydrogens (tertiary/aromatic N) is 7. The zero-order valence-corrected chi connectivity index (χ0v) is 15.2. The number of tetrazole rings is 1. The molecule has 3 aromatic rings. The van der Waals surface area contributed by atoms with Crippen molar-refractivity contribution in [3.63, 3.8) is 0 Å². The van der Waals surface area contributed by atoms with E-state index in [9.17, 15) is 4.79 Å². The molecule has 0 N–H and O–H groups in total. The van der Waals surface area contributed by atoms with Crippen LogP contribution in [0.25, 0.3) is 11.4 Å². The first-order valence-corrected chi connectivity index (χ1v) is 9.36. The van der Waals surface area contributed by atoms with E-state index < -0.39 is 0 Å². The standard InChI is InChI=1S/C19H23N7O/c27-18(15-26-22-19(21-23-26)17-5-2-1-3-6-17)24-12-7-16(8-13-24)9-14-25-11-4-10-20-25/h1-6,10-11,16H,7-9,12-15H2. The van der Waals surface area contributed by atoms with Crippen molar-refractivity contribution in [2.75, 3.05) is 13.1 Å². The predicted octanol–water partition coefficient (Wildman–Crippen LogP) is 1.87. The second kappa shape index (κ2) is 8.11. The number of aromatic nitrogens is 6. The molecule has 1 aliphatic rings. The molecule has 8 heteroatoms. The van der Waals surface area contributed by atoms with Crippen LogP contribution in [-0.4, -0.2) is 53.9 Å². The minimum absolute atomic E-state index is 0.0533. The summed E-state index contributed by atoms with van der Waals surface area (Å²) < 4.78 is 1.97. The second-order valence-electron chi connectivity index (χ2n) is 6.89. The summed E-state index contributed by atoms with van der Waals surface area (Å²) in [6.07, 6.45) is 6.98. The molecular formula is C19H23N7O. The molecule has 1 aliphatic heterocycles. The summed E-state index contributed by atoms with van der Waals surface area (Å²) in [5, 5.41) is 16.6. The maximum atomic E-state index is 12.5. The third-order valence-corrected chi connectivity index (χ3v) is 5.05. The van der Waals surface area contributed by atoms with Gasteiger partial charge in [-0.2, -0.15) is 9.90 Å². The van der Waals surface area contributed by atoms with Crippen molar-refractivity contribution in [1.82, 2.24) is 34.9 Å². The average Bonchev–Trinajstić information content (AvgIpc) is 3.39. The van der Waals surface area contributed by atoms with Crippen LogP contribution < -0.4 is 0 Å². The molecule has 0 aliphatic carbocycles. The van der Waals surface area contributed by atoms with Crippen molar-refractivity contribution in [3.05, 3.63) is 48.8 Å². The van der Waals surface area contributed by atoms with Gasteiger partial charge in [-0.3, -0.25) is 9.48 Å². The minimum atomic E-state index is 0.0533. The Bertz CT molecular complexity index is 851. The predicted molar refractivity (Wildman–Crippen MR) is 99.4 cm³/mol. The molecule has 0 atom stereocenters. The fourth-order valence-corrected chi connectivity index (χ4v) is 3.45. The Hall–Kier alpha value is -3.03. The van der Waals surface area contributed by atoms with E-state index in [1.165, 1.54) is 4.80 Å². The van der Waals surface area contributed by atoms with Crippen molar-refractivity contribution in [3.8, 4) is 11.4 Å². The van der Waals surface area contributed by atoms with Gasteiger partial charge in [0.15, 0.2) is 0 Å². The number of hydrogen-bond acceptors (Lipinski definition) is 5. The normalized spacial score (nSPS) is 15.2. The molecule has 2 aromatic heterocycles. The second-order valence-corrected chi connectivity index (χ2v) is 6.89. The molecule has 0 unspecified atom stereocenters. The molecule has 4 rings (SSSR count). The number of hydrogen-bond donors (Lipinski definition) is 0. The summed E-state index contributed by atoms with van der Waals surface area (Å²) in [5.74, 6) is 1.24. The molecule has 0 radical (unpaired) electrons. The maximum absolute atomic E-state index is 12.5. The molecule has 1 saturated heterocycles. The van der Waals surface area contributed by atoms with Crippen LogP contribution in [0.15, 0.2) is 48.8 Å². The number of carbonyl (C=O) groups is 1. The van der Waals surface area contributed by atoms with E-state index in [1.54, 1.807) is 0 Å². The van der Waals surface area contributed by atoms with E-state index in [2.05, 4.69) is 20.5 Å². The average molecular weight is 365 g/mol. The summed E-state index contributed by atoms with van der Waals surface area (Å²) in [6, 6.07) is 11.6. The van der Waals surface area contributed by atoms with Gasteiger partial charge < -0.3 is 4.90 Å². The monoisotopic (exact) mass is 365 g/mol. The van der Waals surface area contributed by atoms with Crippen LogP contribution in [-0.2, 0) is 17.9 Å². The largest absolute Gasteiger partial charge is 0.341 e. The lowest BCUT2D eigenvalue weighted by Gasteiger charge is -2.31. The highest BCUT2D eigenvalue weighted by atomic mass is 16.2. The molecule has 0 bridgehead atoms. The van der Waals surface area contributed by atoms with Gasteiger partial charge >= 0.3 is 0 Å². The first-order chi connectivity index (χ1) is 13.3. The van der Waals surface area contributed by atoms with Gasteiger partial charge in [-0.05, 0) is 36.5 Å². The molecule has 0 spiro atoms. The van der Waals surface area contributed by atoms with Crippen LogP contribution >= 0.6 is 0 Å². The summed E-state index contributed by atoms with van der Waals surface area (Å²) >= 11 is 0. The van der Waals surface area contributed by atoms with E-state index in [4.69, 9.17) is 0 Å². The number of amides is 1. The first-order valence-electron chi connectivity index (χ1n) is 9.36. The summed E-state index contributed by atoms with van der Waals surface area (Å²) in [7, 11) is 0. The maximum Gasteiger partial charge on any atom is 0.246 e. The van der Waals surface area contributed by atoms with E-state index in [0.717, 1.165) is 44.5 Å². The smallest absolute Gasteiger partial charge is 0.246 e. The first kappa shape index (κ1) is 17.4. The lowest BCUT2D eigenvalue weighted by molar-refractivity contribution is -0.133. The SMILES string of the molecule is O=C(Cn1nnc(-c2ccccc2)n1)N1CCC(CCn2cccn2)CC1. The quantitative estimate of drug-likeness (QED) is 0.666. The van der Waals surface area contributed by atoms with Gasteiger partial charge in [0.2, 0.25) is 11.7 Å². The number of rotatable bonds is 6. The summed E-state index contributed by atoms with van der Waals surface area (Å²) in [4.78, 5) is 15.8. The lowest BCUT2D eigenvalue weighted by Crippen LogP contribution is -2.40. The van der Waals surface area contributed by atoms with E-state index in [1.807, 2.05) is 58.4 Å². The van der Waals surface area contributed by atoms with E-state index >= 15 is 0 Å². The van der Waals surface area contributed by atoms with Crippen molar-refractivity contribution >= 4 is 5.91 Å². The van der Waals surface area contributed by atoms with Crippen molar-refractivity contribution in [2.24, 2.45) is 5.92 Å². The molecule has 0 saturated carbocycles. The van der Waals surface area contributed by atoms with E-state index in [0.29, 0.717) is 11.7 Å². The Morgan fingerprint density at radius 3 is 2.67 bits per heavy atom. The summed E-state index contributed by atoms with van der Waals surface area (Å²) in [6.45, 7) is 2.67. The Morgan fingerprint density at radius 1 is 1.11 bits per heavy atom. The van der Waals surface area contributed by atoms with Gasteiger partial charge in [-0.15, -0.1) is 10.2 Å².